The highest BCUT2D eigenvalue weighted by molar-refractivity contribution is 5.77. The third-order valence-electron chi connectivity index (χ3n) is 1.57. The summed E-state index contributed by atoms with van der Waals surface area (Å²) in [6.45, 7) is 0.0406. The zero-order valence-corrected chi connectivity index (χ0v) is 8.00. The number of ether oxygens (including phenoxy) is 1. The van der Waals surface area contributed by atoms with Gasteiger partial charge in [0.05, 0.1) is 6.54 Å². The fraction of sp³-hybridized carbons (Fsp3) is 0.182. The molecule has 1 aromatic rings. The second-order valence-electron chi connectivity index (χ2n) is 2.72. The van der Waals surface area contributed by atoms with Crippen molar-refractivity contribution < 1.29 is 13.9 Å². The summed E-state index contributed by atoms with van der Waals surface area (Å²) >= 11 is 0. The molecule has 0 aliphatic heterocycles. The molecule has 0 heterocycles. The Bertz CT molecular complexity index is 367. The summed E-state index contributed by atoms with van der Waals surface area (Å²) in [6.07, 6.45) is 4.95. The summed E-state index contributed by atoms with van der Waals surface area (Å²) in [5.74, 6) is 2.05. The van der Waals surface area contributed by atoms with Gasteiger partial charge in [0, 0.05) is 0 Å². The van der Waals surface area contributed by atoms with Crippen LogP contribution in [0.15, 0.2) is 24.3 Å². The van der Waals surface area contributed by atoms with Crippen molar-refractivity contribution in [1.82, 2.24) is 5.32 Å². The summed E-state index contributed by atoms with van der Waals surface area (Å²) in [7, 11) is 0. The third kappa shape index (κ3) is 4.14. The van der Waals surface area contributed by atoms with E-state index in [-0.39, 0.29) is 24.9 Å². The molecular weight excluding hydrogens is 197 g/mol. The summed E-state index contributed by atoms with van der Waals surface area (Å²) in [6, 6.07) is 5.41. The Morgan fingerprint density at radius 3 is 2.73 bits per heavy atom. The SMILES string of the molecule is C#CCNC(=O)COc1ccc(F)cc1. The van der Waals surface area contributed by atoms with Crippen LogP contribution >= 0.6 is 0 Å². The van der Waals surface area contributed by atoms with Crippen molar-refractivity contribution in [3.8, 4) is 18.1 Å². The van der Waals surface area contributed by atoms with Crippen molar-refractivity contribution in [3.63, 3.8) is 0 Å². The highest BCUT2D eigenvalue weighted by Gasteiger charge is 2.00. The fourth-order valence-electron chi connectivity index (χ4n) is 0.880. The van der Waals surface area contributed by atoms with Gasteiger partial charge in [-0.25, -0.2) is 4.39 Å². The highest BCUT2D eigenvalue weighted by Crippen LogP contribution is 2.10. The molecule has 0 fully saturated rings. The van der Waals surface area contributed by atoms with Gasteiger partial charge in [-0.2, -0.15) is 0 Å². The van der Waals surface area contributed by atoms with E-state index in [4.69, 9.17) is 11.2 Å². The second-order valence-corrected chi connectivity index (χ2v) is 2.72. The molecule has 78 valence electrons. The van der Waals surface area contributed by atoms with Crippen molar-refractivity contribution in [1.29, 1.82) is 0 Å². The first-order valence-electron chi connectivity index (χ1n) is 4.31. The zero-order valence-electron chi connectivity index (χ0n) is 8.00. The van der Waals surface area contributed by atoms with Crippen molar-refractivity contribution in [2.24, 2.45) is 0 Å². The smallest absolute Gasteiger partial charge is 0.258 e. The van der Waals surface area contributed by atoms with Crippen LogP contribution in [0, 0.1) is 18.2 Å². The molecule has 0 atom stereocenters. The topological polar surface area (TPSA) is 38.3 Å². The van der Waals surface area contributed by atoms with E-state index in [1.807, 2.05) is 0 Å². The monoisotopic (exact) mass is 207 g/mol. The number of benzene rings is 1. The van der Waals surface area contributed by atoms with E-state index >= 15 is 0 Å². The van der Waals surface area contributed by atoms with Gasteiger partial charge in [-0.15, -0.1) is 6.42 Å². The number of carbonyl (C=O) groups excluding carboxylic acids is 1. The Balaban J connectivity index is 2.34. The van der Waals surface area contributed by atoms with Crippen molar-refractivity contribution in [2.75, 3.05) is 13.2 Å². The summed E-state index contributed by atoms with van der Waals surface area (Å²) in [5, 5.41) is 2.44. The first kappa shape index (κ1) is 11.1. The first-order valence-corrected chi connectivity index (χ1v) is 4.31. The molecule has 1 N–H and O–H groups in total. The van der Waals surface area contributed by atoms with E-state index in [2.05, 4.69) is 11.2 Å². The second kappa shape index (κ2) is 5.66. The van der Waals surface area contributed by atoms with Crippen LogP contribution in [0.2, 0.25) is 0 Å². The lowest BCUT2D eigenvalue weighted by Crippen LogP contribution is -2.28. The van der Waals surface area contributed by atoms with E-state index in [1.54, 1.807) is 0 Å². The van der Waals surface area contributed by atoms with Crippen LogP contribution < -0.4 is 10.1 Å². The molecule has 1 rings (SSSR count). The molecule has 0 saturated carbocycles. The Labute approximate surface area is 87.2 Å². The molecule has 0 aliphatic carbocycles. The predicted molar refractivity (Wildman–Crippen MR) is 53.7 cm³/mol. The molecular formula is C11H10FNO2. The van der Waals surface area contributed by atoms with Crippen LogP contribution in [0.4, 0.5) is 4.39 Å². The summed E-state index contributed by atoms with van der Waals surface area (Å²) in [4.78, 5) is 11.0. The molecule has 0 saturated heterocycles. The fourth-order valence-corrected chi connectivity index (χ4v) is 0.880. The van der Waals surface area contributed by atoms with Gasteiger partial charge in [0.1, 0.15) is 11.6 Å². The van der Waals surface area contributed by atoms with Crippen LogP contribution in [-0.2, 0) is 4.79 Å². The van der Waals surface area contributed by atoms with Gasteiger partial charge in [-0.05, 0) is 24.3 Å². The molecule has 0 spiro atoms. The maximum absolute atomic E-state index is 12.5. The Kier molecular flexibility index (Phi) is 4.17. The molecule has 0 aliphatic rings. The molecule has 1 amide bonds. The number of nitrogens with one attached hydrogen (secondary N) is 1. The van der Waals surface area contributed by atoms with Gasteiger partial charge in [0.15, 0.2) is 6.61 Å². The largest absolute Gasteiger partial charge is 0.484 e. The lowest BCUT2D eigenvalue weighted by atomic mass is 10.3. The number of hydrogen-bond donors (Lipinski definition) is 1. The Morgan fingerprint density at radius 2 is 2.13 bits per heavy atom. The number of hydrogen-bond acceptors (Lipinski definition) is 2. The molecule has 0 unspecified atom stereocenters. The van der Waals surface area contributed by atoms with E-state index < -0.39 is 0 Å². The van der Waals surface area contributed by atoms with Crippen LogP contribution in [-0.4, -0.2) is 19.1 Å². The van der Waals surface area contributed by atoms with E-state index in [0.717, 1.165) is 0 Å². The number of rotatable bonds is 4. The molecule has 0 radical (unpaired) electrons. The molecule has 4 heteroatoms. The van der Waals surface area contributed by atoms with Gasteiger partial charge in [-0.1, -0.05) is 5.92 Å². The third-order valence-corrected chi connectivity index (χ3v) is 1.57. The molecule has 15 heavy (non-hydrogen) atoms. The number of carbonyl (C=O) groups is 1. The standard InChI is InChI=1S/C11H10FNO2/c1-2-7-13-11(14)8-15-10-5-3-9(12)4-6-10/h1,3-6H,7-8H2,(H,13,14). The predicted octanol–water partition coefficient (Wildman–Crippen LogP) is 0.954. The van der Waals surface area contributed by atoms with Crippen LogP contribution in [0.5, 0.6) is 5.75 Å². The zero-order chi connectivity index (χ0) is 11.1. The van der Waals surface area contributed by atoms with Gasteiger partial charge >= 0.3 is 0 Å². The molecule has 1 aromatic carbocycles. The minimum Gasteiger partial charge on any atom is -0.484 e. The number of terminal acetylenes is 1. The molecule has 0 aromatic heterocycles. The maximum atomic E-state index is 12.5. The maximum Gasteiger partial charge on any atom is 0.258 e. The van der Waals surface area contributed by atoms with Crippen molar-refractivity contribution >= 4 is 5.91 Å². The molecule has 0 bridgehead atoms. The average molecular weight is 207 g/mol. The van der Waals surface area contributed by atoms with Gasteiger partial charge in [0.25, 0.3) is 5.91 Å². The first-order chi connectivity index (χ1) is 7.22. The van der Waals surface area contributed by atoms with Gasteiger partial charge in [-0.3, -0.25) is 4.79 Å². The van der Waals surface area contributed by atoms with Crippen molar-refractivity contribution in [2.45, 2.75) is 0 Å². The van der Waals surface area contributed by atoms with E-state index in [0.29, 0.717) is 5.75 Å². The summed E-state index contributed by atoms with van der Waals surface area (Å²) < 4.78 is 17.6. The normalized spacial score (nSPS) is 9.07. The van der Waals surface area contributed by atoms with Crippen LogP contribution in [0.3, 0.4) is 0 Å². The minimum absolute atomic E-state index is 0.132. The number of halogens is 1. The Morgan fingerprint density at radius 1 is 1.47 bits per heavy atom. The van der Waals surface area contributed by atoms with Gasteiger partial charge in [0.2, 0.25) is 0 Å². The van der Waals surface area contributed by atoms with Gasteiger partial charge < -0.3 is 10.1 Å². The minimum atomic E-state index is -0.348. The summed E-state index contributed by atoms with van der Waals surface area (Å²) in [5.41, 5.74) is 0. The quantitative estimate of drug-likeness (QED) is 0.746. The lowest BCUT2D eigenvalue weighted by Gasteiger charge is -2.05. The number of amides is 1. The highest BCUT2D eigenvalue weighted by atomic mass is 19.1. The van der Waals surface area contributed by atoms with Crippen LogP contribution in [0.1, 0.15) is 0 Å². The van der Waals surface area contributed by atoms with Crippen molar-refractivity contribution in [3.05, 3.63) is 30.1 Å². The van der Waals surface area contributed by atoms with Crippen LogP contribution in [0.25, 0.3) is 0 Å². The van der Waals surface area contributed by atoms with E-state index in [1.165, 1.54) is 24.3 Å². The Hall–Kier alpha value is -2.02. The van der Waals surface area contributed by atoms with E-state index in [9.17, 15) is 9.18 Å². The molecule has 3 nitrogen and oxygen atoms in total. The lowest BCUT2D eigenvalue weighted by molar-refractivity contribution is -0.122. The average Bonchev–Trinajstić information content (AvgIpc) is 2.25.